The molecule has 0 unspecified atom stereocenters. The molecule has 0 aliphatic carbocycles. The summed E-state index contributed by atoms with van der Waals surface area (Å²) in [6.07, 6.45) is 3.48. The third-order valence-electron chi connectivity index (χ3n) is 4.21. The summed E-state index contributed by atoms with van der Waals surface area (Å²) in [6, 6.07) is 11.7. The number of rotatable bonds is 8. The van der Waals surface area contributed by atoms with Gasteiger partial charge in [0.2, 0.25) is 4.80 Å². The Morgan fingerprint density at radius 2 is 1.80 bits per heavy atom. The van der Waals surface area contributed by atoms with Crippen LogP contribution in [0.4, 0.5) is 0 Å². The van der Waals surface area contributed by atoms with Crippen LogP contribution in [0.1, 0.15) is 5.56 Å². The van der Waals surface area contributed by atoms with E-state index in [0.717, 1.165) is 26.1 Å². The second kappa shape index (κ2) is 10.3. The summed E-state index contributed by atoms with van der Waals surface area (Å²) >= 11 is 5.05. The third-order valence-corrected chi connectivity index (χ3v) is 5.56. The molecule has 0 aliphatic heterocycles. The van der Waals surface area contributed by atoms with Crippen LogP contribution in [0.15, 0.2) is 69.0 Å². The summed E-state index contributed by atoms with van der Waals surface area (Å²) in [6.45, 7) is 4.26. The zero-order valence-electron chi connectivity index (χ0n) is 17.0. The van der Waals surface area contributed by atoms with E-state index in [1.54, 1.807) is 39.7 Å². The number of aromatic nitrogens is 1. The van der Waals surface area contributed by atoms with Crippen molar-refractivity contribution >= 4 is 33.5 Å². The molecular weight excluding hydrogens is 466 g/mol. The highest BCUT2D eigenvalue weighted by Gasteiger charge is 2.12. The van der Waals surface area contributed by atoms with Gasteiger partial charge in [0, 0.05) is 27.0 Å². The van der Waals surface area contributed by atoms with E-state index in [2.05, 4.69) is 27.5 Å². The van der Waals surface area contributed by atoms with Gasteiger partial charge in [-0.15, -0.1) is 17.9 Å². The Labute approximate surface area is 187 Å². The Morgan fingerprint density at radius 1 is 1.07 bits per heavy atom. The van der Waals surface area contributed by atoms with E-state index in [4.69, 9.17) is 19.3 Å². The molecule has 3 rings (SSSR count). The number of thiazole rings is 1. The lowest BCUT2D eigenvalue weighted by Crippen LogP contribution is -2.12. The van der Waals surface area contributed by atoms with Crippen molar-refractivity contribution in [2.75, 3.05) is 27.9 Å². The summed E-state index contributed by atoms with van der Waals surface area (Å²) in [5.41, 5.74) is 2.71. The van der Waals surface area contributed by atoms with E-state index in [0.29, 0.717) is 23.8 Å². The van der Waals surface area contributed by atoms with Gasteiger partial charge in [0.25, 0.3) is 0 Å². The molecule has 0 N–H and O–H groups in total. The topological polar surface area (TPSA) is 57.3 Å². The Balaban J connectivity index is 2.13. The van der Waals surface area contributed by atoms with E-state index in [9.17, 15) is 0 Å². The van der Waals surface area contributed by atoms with Crippen LogP contribution in [0.3, 0.4) is 0 Å². The van der Waals surface area contributed by atoms with Crippen LogP contribution in [-0.2, 0) is 0 Å². The number of methoxy groups -OCH3 is 3. The predicted molar refractivity (Wildman–Crippen MR) is 125 cm³/mol. The molecule has 6 nitrogen and oxygen atoms in total. The smallest absolute Gasteiger partial charge is 0.206 e. The van der Waals surface area contributed by atoms with Crippen molar-refractivity contribution in [1.29, 1.82) is 0 Å². The first-order chi connectivity index (χ1) is 14.6. The highest BCUT2D eigenvalue weighted by molar-refractivity contribution is 9.10. The number of benzene rings is 2. The molecule has 0 aliphatic rings. The van der Waals surface area contributed by atoms with Gasteiger partial charge in [-0.1, -0.05) is 34.1 Å². The first-order valence-corrected chi connectivity index (χ1v) is 10.7. The lowest BCUT2D eigenvalue weighted by molar-refractivity contribution is 0.349. The van der Waals surface area contributed by atoms with Crippen molar-refractivity contribution in [3.63, 3.8) is 0 Å². The van der Waals surface area contributed by atoms with E-state index in [-0.39, 0.29) is 0 Å². The monoisotopic (exact) mass is 487 g/mol. The van der Waals surface area contributed by atoms with Crippen LogP contribution in [-0.4, -0.2) is 38.8 Å². The minimum Gasteiger partial charge on any atom is -0.496 e. The fourth-order valence-corrected chi connectivity index (χ4v) is 4.03. The number of hydrogen-bond donors (Lipinski definition) is 0. The van der Waals surface area contributed by atoms with E-state index >= 15 is 0 Å². The molecule has 156 valence electrons. The Bertz CT molecular complexity index is 1130. The molecule has 0 radical (unpaired) electrons. The van der Waals surface area contributed by atoms with E-state index in [1.807, 2.05) is 40.4 Å². The van der Waals surface area contributed by atoms with Crippen LogP contribution < -0.4 is 19.0 Å². The summed E-state index contributed by atoms with van der Waals surface area (Å²) in [5.74, 6) is 1.81. The van der Waals surface area contributed by atoms with Gasteiger partial charge in [0.15, 0.2) is 11.5 Å². The van der Waals surface area contributed by atoms with E-state index < -0.39 is 0 Å². The molecule has 2 aromatic carbocycles. The van der Waals surface area contributed by atoms with Gasteiger partial charge in [-0.2, -0.15) is 5.10 Å². The molecule has 30 heavy (non-hydrogen) atoms. The Kier molecular flexibility index (Phi) is 7.48. The quantitative estimate of drug-likeness (QED) is 0.332. The van der Waals surface area contributed by atoms with Crippen molar-refractivity contribution in [2.24, 2.45) is 10.1 Å². The second-order valence-electron chi connectivity index (χ2n) is 6.05. The van der Waals surface area contributed by atoms with Crippen molar-refractivity contribution < 1.29 is 14.2 Å². The first kappa shape index (κ1) is 21.9. The number of nitrogens with zero attached hydrogens (tertiary/aromatic N) is 3. The minimum absolute atomic E-state index is 0.508. The van der Waals surface area contributed by atoms with Crippen LogP contribution in [0.25, 0.3) is 11.3 Å². The molecule has 0 atom stereocenters. The first-order valence-electron chi connectivity index (χ1n) is 9.03. The third kappa shape index (κ3) is 4.83. The zero-order valence-corrected chi connectivity index (χ0v) is 19.4. The summed E-state index contributed by atoms with van der Waals surface area (Å²) in [5, 5.41) is 6.75. The molecule has 0 fully saturated rings. The molecular formula is C22H22BrN3O3S. The molecule has 3 aromatic rings. The lowest BCUT2D eigenvalue weighted by Gasteiger charge is -2.12. The van der Waals surface area contributed by atoms with Gasteiger partial charge in [-0.25, -0.2) is 4.68 Å². The average molecular weight is 488 g/mol. The molecule has 0 amide bonds. The van der Waals surface area contributed by atoms with Crippen LogP contribution >= 0.6 is 27.3 Å². The van der Waals surface area contributed by atoms with Gasteiger partial charge in [-0.05, 0) is 18.2 Å². The predicted octanol–water partition coefficient (Wildman–Crippen LogP) is 4.97. The largest absolute Gasteiger partial charge is 0.496 e. The normalized spacial score (nSPS) is 11.7. The molecule has 1 heterocycles. The maximum Gasteiger partial charge on any atom is 0.206 e. The lowest BCUT2D eigenvalue weighted by atomic mass is 10.2. The summed E-state index contributed by atoms with van der Waals surface area (Å²) in [4.78, 5) is 5.34. The van der Waals surface area contributed by atoms with Crippen molar-refractivity contribution in [1.82, 2.24) is 4.68 Å². The van der Waals surface area contributed by atoms with Crippen LogP contribution in [0, 0.1) is 0 Å². The molecule has 0 spiro atoms. The van der Waals surface area contributed by atoms with Crippen LogP contribution in [0.2, 0.25) is 0 Å². The van der Waals surface area contributed by atoms with Gasteiger partial charge in [0.05, 0.1) is 39.8 Å². The number of halogens is 1. The van der Waals surface area contributed by atoms with Gasteiger partial charge in [-0.3, -0.25) is 4.99 Å². The van der Waals surface area contributed by atoms with Crippen LogP contribution in [0.5, 0.6) is 17.2 Å². The van der Waals surface area contributed by atoms with Gasteiger partial charge < -0.3 is 14.2 Å². The maximum atomic E-state index is 5.51. The summed E-state index contributed by atoms with van der Waals surface area (Å²) < 4.78 is 19.1. The minimum atomic E-state index is 0.508. The Morgan fingerprint density at radius 3 is 2.47 bits per heavy atom. The number of ether oxygens (including phenoxy) is 3. The van der Waals surface area contributed by atoms with Gasteiger partial charge in [0.1, 0.15) is 5.75 Å². The van der Waals surface area contributed by atoms with Crippen molar-refractivity contribution in [2.45, 2.75) is 0 Å². The molecule has 0 saturated carbocycles. The fourth-order valence-electron chi connectivity index (χ4n) is 2.78. The highest BCUT2D eigenvalue weighted by atomic mass is 79.9. The maximum absolute atomic E-state index is 5.51. The van der Waals surface area contributed by atoms with Crippen molar-refractivity contribution in [3.05, 3.63) is 69.3 Å². The van der Waals surface area contributed by atoms with Gasteiger partial charge >= 0.3 is 0 Å². The molecule has 1 aromatic heterocycles. The fraction of sp³-hybridized carbons (Fsp3) is 0.182. The zero-order chi connectivity index (χ0) is 21.5. The number of hydrogen-bond acceptors (Lipinski definition) is 6. The summed E-state index contributed by atoms with van der Waals surface area (Å²) in [7, 11) is 4.79. The molecule has 0 saturated heterocycles. The average Bonchev–Trinajstić information content (AvgIpc) is 3.18. The standard InChI is InChI=1S/C22H22BrN3O3S/c1-5-9-24-22-26(18(14-30-22)15-7-6-8-17(23)10-15)25-13-16-11-20(28-3)21(29-4)12-19(16)27-2/h5-8,10-14H,1,9H2,2-4H3. The SMILES string of the molecule is C=CCN=c1scc(-c2cccc(Br)c2)n1N=Cc1cc(OC)c(OC)cc1OC. The second-order valence-corrected chi connectivity index (χ2v) is 7.80. The van der Waals surface area contributed by atoms with E-state index in [1.165, 1.54) is 11.3 Å². The molecule has 8 heteroatoms. The highest BCUT2D eigenvalue weighted by Crippen LogP contribution is 2.34. The molecule has 0 bridgehead atoms. The Hall–Kier alpha value is -2.84. The van der Waals surface area contributed by atoms with Crippen molar-refractivity contribution in [3.8, 4) is 28.5 Å².